The zero-order chi connectivity index (χ0) is 19.0. The van der Waals surface area contributed by atoms with Crippen LogP contribution in [0.25, 0.3) is 0 Å². The summed E-state index contributed by atoms with van der Waals surface area (Å²) in [6, 6.07) is 0. The molecule has 1 aliphatic carbocycles. The molecule has 0 heterocycles. The molecule has 1 fully saturated rings. The van der Waals surface area contributed by atoms with Crippen LogP contribution in [0.3, 0.4) is 0 Å². The molecule has 0 aliphatic heterocycles. The molecule has 0 spiro atoms. The standard InChI is InChI=1S/C19H30O6/c1-5-24-18(22)15(12(3)20)17(14-10-8-7-9-11-14)16(13(4)21)19(23)25-6-2/h14-17H,5-11H2,1-4H3. The van der Waals surface area contributed by atoms with Crippen LogP contribution < -0.4 is 0 Å². The van der Waals surface area contributed by atoms with Gasteiger partial charge in [-0.2, -0.15) is 0 Å². The fourth-order valence-corrected chi connectivity index (χ4v) is 3.91. The zero-order valence-electron chi connectivity index (χ0n) is 15.7. The van der Waals surface area contributed by atoms with Crippen LogP contribution in [0.5, 0.6) is 0 Å². The molecule has 0 saturated heterocycles. The Labute approximate surface area is 149 Å². The van der Waals surface area contributed by atoms with E-state index in [1.54, 1.807) is 13.8 Å². The molecule has 0 aromatic carbocycles. The van der Waals surface area contributed by atoms with Gasteiger partial charge in [-0.3, -0.25) is 19.2 Å². The van der Waals surface area contributed by atoms with Crippen molar-refractivity contribution in [3.8, 4) is 0 Å². The minimum Gasteiger partial charge on any atom is -0.465 e. The molecule has 0 radical (unpaired) electrons. The van der Waals surface area contributed by atoms with Gasteiger partial charge in [0.25, 0.3) is 0 Å². The van der Waals surface area contributed by atoms with Crippen molar-refractivity contribution in [1.29, 1.82) is 0 Å². The Morgan fingerprint density at radius 3 is 1.52 bits per heavy atom. The Bertz CT molecular complexity index is 456. The lowest BCUT2D eigenvalue weighted by Crippen LogP contribution is -2.46. The highest BCUT2D eigenvalue weighted by molar-refractivity contribution is 6.02. The Balaban J connectivity index is 3.32. The van der Waals surface area contributed by atoms with Gasteiger partial charge >= 0.3 is 11.9 Å². The number of carbonyl (C=O) groups is 4. The first-order valence-corrected chi connectivity index (χ1v) is 9.19. The van der Waals surface area contributed by atoms with Gasteiger partial charge in [0.1, 0.15) is 23.4 Å². The van der Waals surface area contributed by atoms with Gasteiger partial charge in [-0.15, -0.1) is 0 Å². The van der Waals surface area contributed by atoms with Gasteiger partial charge in [0.15, 0.2) is 0 Å². The summed E-state index contributed by atoms with van der Waals surface area (Å²) >= 11 is 0. The summed E-state index contributed by atoms with van der Waals surface area (Å²) in [6.07, 6.45) is 4.58. The van der Waals surface area contributed by atoms with E-state index in [1.807, 2.05) is 0 Å². The zero-order valence-corrected chi connectivity index (χ0v) is 15.7. The predicted octanol–water partition coefficient (Wildman–Crippen LogP) is 2.72. The van der Waals surface area contributed by atoms with E-state index in [0.717, 1.165) is 32.1 Å². The van der Waals surface area contributed by atoms with Crippen LogP contribution in [0.2, 0.25) is 0 Å². The van der Waals surface area contributed by atoms with Gasteiger partial charge in [0.2, 0.25) is 0 Å². The third kappa shape index (κ3) is 5.65. The Morgan fingerprint density at radius 2 is 1.20 bits per heavy atom. The Morgan fingerprint density at radius 1 is 0.800 bits per heavy atom. The summed E-state index contributed by atoms with van der Waals surface area (Å²) < 4.78 is 10.2. The molecule has 0 aromatic rings. The molecule has 0 bridgehead atoms. The quantitative estimate of drug-likeness (QED) is 0.467. The van der Waals surface area contributed by atoms with E-state index in [2.05, 4.69) is 0 Å². The topological polar surface area (TPSA) is 86.7 Å². The summed E-state index contributed by atoms with van der Waals surface area (Å²) in [5.41, 5.74) is 0. The monoisotopic (exact) mass is 354 g/mol. The molecule has 25 heavy (non-hydrogen) atoms. The van der Waals surface area contributed by atoms with Gasteiger partial charge in [-0.25, -0.2) is 0 Å². The number of Topliss-reactive ketones (excluding diaryl/α,β-unsaturated/α-hetero) is 2. The van der Waals surface area contributed by atoms with Crippen molar-refractivity contribution in [2.45, 2.75) is 59.8 Å². The van der Waals surface area contributed by atoms with Crippen molar-refractivity contribution < 1.29 is 28.7 Å². The van der Waals surface area contributed by atoms with Gasteiger partial charge < -0.3 is 9.47 Å². The fraction of sp³-hybridized carbons (Fsp3) is 0.789. The molecule has 0 aromatic heterocycles. The largest absolute Gasteiger partial charge is 0.465 e. The van der Waals surface area contributed by atoms with E-state index >= 15 is 0 Å². The summed E-state index contributed by atoms with van der Waals surface area (Å²) in [5.74, 6) is -5.02. The minimum absolute atomic E-state index is 0.0506. The van der Waals surface area contributed by atoms with Gasteiger partial charge in [0.05, 0.1) is 13.2 Å². The maximum Gasteiger partial charge on any atom is 0.316 e. The predicted molar refractivity (Wildman–Crippen MR) is 91.7 cm³/mol. The second kappa shape index (κ2) is 10.3. The number of rotatable bonds is 9. The third-order valence-corrected chi connectivity index (χ3v) is 4.92. The summed E-state index contributed by atoms with van der Waals surface area (Å²) in [6.45, 7) is 6.25. The number of esters is 2. The molecule has 142 valence electrons. The average molecular weight is 354 g/mol. The number of hydrogen-bond acceptors (Lipinski definition) is 6. The van der Waals surface area contributed by atoms with Crippen molar-refractivity contribution in [2.24, 2.45) is 23.7 Å². The first-order chi connectivity index (χ1) is 11.8. The average Bonchev–Trinajstić information content (AvgIpc) is 2.54. The Kier molecular flexibility index (Phi) is 8.79. The number of hydrogen-bond donors (Lipinski definition) is 0. The maximum absolute atomic E-state index is 12.5. The summed E-state index contributed by atoms with van der Waals surface area (Å²) in [7, 11) is 0. The minimum atomic E-state index is -1.11. The molecule has 1 rings (SSSR count). The molecule has 2 unspecified atom stereocenters. The molecule has 6 heteroatoms. The molecule has 0 amide bonds. The molecular weight excluding hydrogens is 324 g/mol. The number of carbonyl (C=O) groups excluding carboxylic acids is 4. The van der Waals surface area contributed by atoms with E-state index in [1.165, 1.54) is 13.8 Å². The van der Waals surface area contributed by atoms with E-state index in [-0.39, 0.29) is 30.7 Å². The van der Waals surface area contributed by atoms with Crippen LogP contribution >= 0.6 is 0 Å². The van der Waals surface area contributed by atoms with Crippen molar-refractivity contribution in [2.75, 3.05) is 13.2 Å². The molecule has 6 nitrogen and oxygen atoms in total. The highest BCUT2D eigenvalue weighted by Gasteiger charge is 2.48. The van der Waals surface area contributed by atoms with Gasteiger partial charge in [-0.05, 0) is 33.6 Å². The second-order valence-electron chi connectivity index (χ2n) is 6.66. The SMILES string of the molecule is CCOC(=O)C(C(C)=O)C(C1CCCCC1)C(C(C)=O)C(=O)OCC. The van der Waals surface area contributed by atoms with E-state index < -0.39 is 29.7 Å². The first-order valence-electron chi connectivity index (χ1n) is 9.19. The van der Waals surface area contributed by atoms with Crippen LogP contribution in [0.15, 0.2) is 0 Å². The smallest absolute Gasteiger partial charge is 0.316 e. The fourth-order valence-electron chi connectivity index (χ4n) is 3.91. The number of ketones is 2. The Hall–Kier alpha value is -1.72. The molecule has 1 aliphatic rings. The van der Waals surface area contributed by atoms with Crippen molar-refractivity contribution in [3.05, 3.63) is 0 Å². The van der Waals surface area contributed by atoms with E-state index in [0.29, 0.717) is 0 Å². The van der Waals surface area contributed by atoms with Crippen LogP contribution in [0.4, 0.5) is 0 Å². The molecule has 2 atom stereocenters. The lowest BCUT2D eigenvalue weighted by atomic mass is 9.66. The van der Waals surface area contributed by atoms with Crippen LogP contribution in [0.1, 0.15) is 59.8 Å². The van der Waals surface area contributed by atoms with Crippen LogP contribution in [0, 0.1) is 23.7 Å². The second-order valence-corrected chi connectivity index (χ2v) is 6.66. The molecule has 1 saturated carbocycles. The van der Waals surface area contributed by atoms with Crippen molar-refractivity contribution >= 4 is 23.5 Å². The van der Waals surface area contributed by atoms with Crippen molar-refractivity contribution in [1.82, 2.24) is 0 Å². The molecule has 0 N–H and O–H groups in total. The third-order valence-electron chi connectivity index (χ3n) is 4.92. The summed E-state index contributed by atoms with van der Waals surface area (Å²) in [5, 5.41) is 0. The normalized spacial score (nSPS) is 18.7. The van der Waals surface area contributed by atoms with Crippen LogP contribution in [-0.2, 0) is 28.7 Å². The highest BCUT2D eigenvalue weighted by Crippen LogP contribution is 2.40. The highest BCUT2D eigenvalue weighted by atomic mass is 16.5. The maximum atomic E-state index is 12.5. The number of ether oxygens (including phenoxy) is 2. The van der Waals surface area contributed by atoms with Gasteiger partial charge in [0, 0.05) is 5.92 Å². The lowest BCUT2D eigenvalue weighted by molar-refractivity contribution is -0.162. The van der Waals surface area contributed by atoms with Gasteiger partial charge in [-0.1, -0.05) is 32.1 Å². The molecular formula is C19H30O6. The van der Waals surface area contributed by atoms with Crippen molar-refractivity contribution in [3.63, 3.8) is 0 Å². The lowest BCUT2D eigenvalue weighted by Gasteiger charge is -2.37. The first kappa shape index (κ1) is 21.3. The summed E-state index contributed by atoms with van der Waals surface area (Å²) in [4.78, 5) is 49.5. The van der Waals surface area contributed by atoms with E-state index in [4.69, 9.17) is 9.47 Å². The van der Waals surface area contributed by atoms with E-state index in [9.17, 15) is 19.2 Å². The van der Waals surface area contributed by atoms with Crippen LogP contribution in [-0.4, -0.2) is 36.7 Å².